The van der Waals surface area contributed by atoms with Crippen LogP contribution in [0.25, 0.3) is 0 Å². The molecule has 1 aromatic rings. The van der Waals surface area contributed by atoms with E-state index >= 15 is 0 Å². The van der Waals surface area contributed by atoms with Crippen LogP contribution in [0, 0.1) is 0 Å². The zero-order valence-corrected chi connectivity index (χ0v) is 10.5. The zero-order valence-electron chi connectivity index (χ0n) is 10.5. The summed E-state index contributed by atoms with van der Waals surface area (Å²) in [6, 6.07) is 6.15. The molecule has 1 saturated carbocycles. The van der Waals surface area contributed by atoms with Gasteiger partial charge < -0.3 is 15.3 Å². The predicted molar refractivity (Wildman–Crippen MR) is 70.8 cm³/mol. The van der Waals surface area contributed by atoms with E-state index in [4.69, 9.17) is 0 Å². The van der Waals surface area contributed by atoms with Gasteiger partial charge in [-0.2, -0.15) is 0 Å². The van der Waals surface area contributed by atoms with Gasteiger partial charge in [-0.25, -0.2) is 0 Å². The molecule has 0 unspecified atom stereocenters. The van der Waals surface area contributed by atoms with Crippen molar-refractivity contribution in [3.63, 3.8) is 0 Å². The molecule has 1 aliphatic carbocycles. The number of hydrogen-bond donors (Lipinski definition) is 2. The minimum atomic E-state index is 0.318. The lowest BCUT2D eigenvalue weighted by atomic mass is 9.73. The fraction of sp³-hybridized carbons (Fsp3) is 0.571. The smallest absolute Gasteiger partial charge is 0.117 e. The van der Waals surface area contributed by atoms with Crippen LogP contribution < -0.4 is 10.2 Å². The minimum absolute atomic E-state index is 0.318. The van der Waals surface area contributed by atoms with Crippen molar-refractivity contribution in [2.24, 2.45) is 0 Å². The molecule has 17 heavy (non-hydrogen) atoms. The fourth-order valence-corrected chi connectivity index (χ4v) is 3.30. The highest BCUT2D eigenvalue weighted by Crippen LogP contribution is 2.47. The number of fused-ring (bicyclic) bond motifs is 1. The standard InChI is InChI=1S/C14H20N2O/c1-10(2)16-13-5-4-11(17)8-12(13)15-9-14(16)6-3-7-14/h4-5,8,10,15,17H,3,6-7,9H2,1-2H3. The molecule has 0 radical (unpaired) electrons. The maximum absolute atomic E-state index is 9.56. The Bertz CT molecular complexity index is 438. The summed E-state index contributed by atoms with van der Waals surface area (Å²) >= 11 is 0. The van der Waals surface area contributed by atoms with Crippen LogP contribution in [0.2, 0.25) is 0 Å². The Balaban J connectivity index is 2.06. The highest BCUT2D eigenvalue weighted by Gasteiger charge is 2.46. The summed E-state index contributed by atoms with van der Waals surface area (Å²) in [6.45, 7) is 5.51. The van der Waals surface area contributed by atoms with Gasteiger partial charge in [-0.15, -0.1) is 0 Å². The SMILES string of the molecule is CC(C)N1c2ccc(O)cc2NCC12CCC2. The first-order valence-corrected chi connectivity index (χ1v) is 6.49. The van der Waals surface area contributed by atoms with E-state index < -0.39 is 0 Å². The summed E-state index contributed by atoms with van der Waals surface area (Å²) in [5, 5.41) is 13.0. The Morgan fingerprint density at radius 2 is 2.12 bits per heavy atom. The topological polar surface area (TPSA) is 35.5 Å². The summed E-state index contributed by atoms with van der Waals surface area (Å²) in [6.07, 6.45) is 3.88. The first kappa shape index (κ1) is 10.8. The molecule has 1 aliphatic heterocycles. The Labute approximate surface area is 102 Å². The third-order valence-electron chi connectivity index (χ3n) is 4.16. The van der Waals surface area contributed by atoms with E-state index in [9.17, 15) is 5.11 Å². The number of anilines is 2. The van der Waals surface area contributed by atoms with E-state index in [1.165, 1.54) is 24.9 Å². The molecule has 3 rings (SSSR count). The van der Waals surface area contributed by atoms with Crippen LogP contribution in [-0.4, -0.2) is 23.2 Å². The quantitative estimate of drug-likeness (QED) is 0.781. The van der Waals surface area contributed by atoms with E-state index in [0.717, 1.165) is 12.2 Å². The molecule has 2 aliphatic rings. The first-order valence-electron chi connectivity index (χ1n) is 6.49. The monoisotopic (exact) mass is 232 g/mol. The number of rotatable bonds is 1. The average Bonchev–Trinajstić information content (AvgIpc) is 2.24. The third-order valence-corrected chi connectivity index (χ3v) is 4.16. The highest BCUT2D eigenvalue weighted by molar-refractivity contribution is 5.76. The van der Waals surface area contributed by atoms with Gasteiger partial charge in [-0.05, 0) is 45.2 Å². The van der Waals surface area contributed by atoms with Crippen LogP contribution >= 0.6 is 0 Å². The summed E-state index contributed by atoms with van der Waals surface area (Å²) in [5.41, 5.74) is 2.62. The molecular formula is C14H20N2O. The molecule has 0 amide bonds. The fourth-order valence-electron chi connectivity index (χ4n) is 3.30. The average molecular weight is 232 g/mol. The van der Waals surface area contributed by atoms with Gasteiger partial charge >= 0.3 is 0 Å². The van der Waals surface area contributed by atoms with Crippen molar-refractivity contribution in [3.05, 3.63) is 18.2 Å². The molecule has 0 aromatic heterocycles. The predicted octanol–water partition coefficient (Wildman–Crippen LogP) is 2.96. The molecule has 0 saturated heterocycles. The van der Waals surface area contributed by atoms with Crippen LogP contribution in [-0.2, 0) is 0 Å². The molecule has 1 aromatic carbocycles. The van der Waals surface area contributed by atoms with Crippen molar-refractivity contribution in [2.75, 3.05) is 16.8 Å². The van der Waals surface area contributed by atoms with Crippen LogP contribution in [0.15, 0.2) is 18.2 Å². The van der Waals surface area contributed by atoms with Crippen LogP contribution in [0.5, 0.6) is 5.75 Å². The molecule has 2 N–H and O–H groups in total. The molecular weight excluding hydrogens is 212 g/mol. The lowest BCUT2D eigenvalue weighted by molar-refractivity contribution is 0.226. The van der Waals surface area contributed by atoms with E-state index in [1.807, 2.05) is 12.1 Å². The van der Waals surface area contributed by atoms with E-state index in [-0.39, 0.29) is 0 Å². The maximum atomic E-state index is 9.56. The molecule has 3 heteroatoms. The van der Waals surface area contributed by atoms with Gasteiger partial charge in [0.25, 0.3) is 0 Å². The summed E-state index contributed by atoms with van der Waals surface area (Å²) in [5.74, 6) is 0.338. The van der Waals surface area contributed by atoms with Gasteiger partial charge in [0.15, 0.2) is 0 Å². The largest absolute Gasteiger partial charge is 0.508 e. The van der Waals surface area contributed by atoms with Gasteiger partial charge in [0.1, 0.15) is 5.75 Å². The van der Waals surface area contributed by atoms with Gasteiger partial charge in [0, 0.05) is 18.7 Å². The summed E-state index contributed by atoms with van der Waals surface area (Å²) < 4.78 is 0. The van der Waals surface area contributed by atoms with Crippen LogP contribution in [0.4, 0.5) is 11.4 Å². The molecule has 0 atom stereocenters. The minimum Gasteiger partial charge on any atom is -0.508 e. The lowest BCUT2D eigenvalue weighted by Gasteiger charge is -2.56. The van der Waals surface area contributed by atoms with Gasteiger partial charge in [0.05, 0.1) is 16.9 Å². The summed E-state index contributed by atoms with van der Waals surface area (Å²) in [4.78, 5) is 2.54. The summed E-state index contributed by atoms with van der Waals surface area (Å²) in [7, 11) is 0. The van der Waals surface area contributed by atoms with Crippen LogP contribution in [0.3, 0.4) is 0 Å². The van der Waals surface area contributed by atoms with Crippen molar-refractivity contribution in [1.82, 2.24) is 0 Å². The number of hydrogen-bond acceptors (Lipinski definition) is 3. The van der Waals surface area contributed by atoms with Crippen molar-refractivity contribution in [1.29, 1.82) is 0 Å². The van der Waals surface area contributed by atoms with Gasteiger partial charge in [-0.3, -0.25) is 0 Å². The van der Waals surface area contributed by atoms with E-state index in [0.29, 0.717) is 17.3 Å². The van der Waals surface area contributed by atoms with Crippen molar-refractivity contribution < 1.29 is 5.11 Å². The lowest BCUT2D eigenvalue weighted by Crippen LogP contribution is -2.62. The van der Waals surface area contributed by atoms with Gasteiger partial charge in [-0.1, -0.05) is 0 Å². The molecule has 92 valence electrons. The second kappa shape index (κ2) is 3.56. The molecule has 1 heterocycles. The number of phenols is 1. The van der Waals surface area contributed by atoms with E-state index in [2.05, 4.69) is 24.1 Å². The molecule has 0 bridgehead atoms. The number of phenolic OH excluding ortho intramolecular Hbond substituents is 1. The number of benzene rings is 1. The Kier molecular flexibility index (Phi) is 2.25. The Morgan fingerprint density at radius 1 is 1.35 bits per heavy atom. The second-order valence-electron chi connectivity index (χ2n) is 5.60. The molecule has 1 fully saturated rings. The van der Waals surface area contributed by atoms with E-state index in [1.54, 1.807) is 6.07 Å². The van der Waals surface area contributed by atoms with Gasteiger partial charge in [0.2, 0.25) is 0 Å². The second-order valence-corrected chi connectivity index (χ2v) is 5.60. The number of aromatic hydroxyl groups is 1. The van der Waals surface area contributed by atoms with Crippen molar-refractivity contribution in [3.8, 4) is 5.75 Å². The van der Waals surface area contributed by atoms with Crippen molar-refractivity contribution >= 4 is 11.4 Å². The van der Waals surface area contributed by atoms with Crippen molar-refractivity contribution in [2.45, 2.75) is 44.7 Å². The third kappa shape index (κ3) is 1.48. The Hall–Kier alpha value is -1.38. The highest BCUT2D eigenvalue weighted by atomic mass is 16.3. The molecule has 3 nitrogen and oxygen atoms in total. The first-order chi connectivity index (χ1) is 8.12. The Morgan fingerprint density at radius 3 is 2.71 bits per heavy atom. The van der Waals surface area contributed by atoms with Crippen LogP contribution in [0.1, 0.15) is 33.1 Å². The maximum Gasteiger partial charge on any atom is 0.117 e. The number of nitrogens with one attached hydrogen (secondary N) is 1. The zero-order chi connectivity index (χ0) is 12.0. The molecule has 1 spiro atoms. The normalized spacial score (nSPS) is 21.0. The number of nitrogens with zero attached hydrogens (tertiary/aromatic N) is 1.